The van der Waals surface area contributed by atoms with Crippen molar-refractivity contribution >= 4 is 11.9 Å². The molecule has 6 nitrogen and oxygen atoms in total. The molecular weight excluding hydrogens is 707 g/mol. The zero-order valence-corrected chi connectivity index (χ0v) is 38.8. The molecular formula is C51H101NO5. The van der Waals surface area contributed by atoms with Gasteiger partial charge in [-0.1, -0.05) is 252 Å². The minimum atomic E-state index is -0.778. The highest BCUT2D eigenvalue weighted by Crippen LogP contribution is 2.19. The van der Waals surface area contributed by atoms with Gasteiger partial charge < -0.3 is 20.3 Å². The Hall–Kier alpha value is -1.14. The normalized spacial score (nSPS) is 13.1. The van der Waals surface area contributed by atoms with E-state index in [4.69, 9.17) is 4.74 Å². The lowest BCUT2D eigenvalue weighted by atomic mass is 10.0. The first-order valence-electron chi connectivity index (χ1n) is 25.8. The molecule has 3 unspecified atom stereocenters. The van der Waals surface area contributed by atoms with Gasteiger partial charge in [-0.15, -0.1) is 0 Å². The molecule has 3 N–H and O–H groups in total. The summed E-state index contributed by atoms with van der Waals surface area (Å²) in [6.45, 7) is 6.49. The summed E-state index contributed by atoms with van der Waals surface area (Å²) in [7, 11) is 0. The van der Waals surface area contributed by atoms with Crippen LogP contribution in [0.3, 0.4) is 0 Å². The summed E-state index contributed by atoms with van der Waals surface area (Å²) in [6, 6.07) is -0.691. The van der Waals surface area contributed by atoms with E-state index in [1.165, 1.54) is 205 Å². The molecule has 1 amide bonds. The number of esters is 1. The van der Waals surface area contributed by atoms with Crippen molar-refractivity contribution in [3.05, 3.63) is 0 Å². The van der Waals surface area contributed by atoms with E-state index in [9.17, 15) is 19.8 Å². The van der Waals surface area contributed by atoms with Crippen molar-refractivity contribution in [2.24, 2.45) is 0 Å². The number of carbonyl (C=O) groups is 2. The maximum absolute atomic E-state index is 13.2. The molecule has 0 aromatic rings. The number of unbranched alkanes of at least 4 members (excludes halogenated alkanes) is 35. The van der Waals surface area contributed by atoms with Crippen molar-refractivity contribution in [1.82, 2.24) is 5.32 Å². The van der Waals surface area contributed by atoms with E-state index in [0.29, 0.717) is 19.3 Å². The molecule has 0 spiro atoms. The molecule has 3 atom stereocenters. The molecule has 0 rings (SSSR count). The third-order valence-corrected chi connectivity index (χ3v) is 12.2. The zero-order valence-electron chi connectivity index (χ0n) is 38.8. The first kappa shape index (κ1) is 55.9. The third kappa shape index (κ3) is 41.4. The molecule has 0 radical (unpaired) electrons. The number of hydrogen-bond acceptors (Lipinski definition) is 5. The van der Waals surface area contributed by atoms with Gasteiger partial charge in [0.25, 0.3) is 0 Å². The molecule has 0 aromatic heterocycles. The number of hydrogen-bond donors (Lipinski definition) is 3. The van der Waals surface area contributed by atoms with Gasteiger partial charge in [-0.05, 0) is 25.7 Å². The summed E-state index contributed by atoms with van der Waals surface area (Å²) in [4.78, 5) is 26.1. The van der Waals surface area contributed by atoms with Gasteiger partial charge in [0.15, 0.2) is 0 Å². The Kier molecular flexibility index (Phi) is 45.0. The first-order valence-corrected chi connectivity index (χ1v) is 25.8. The predicted octanol–water partition coefficient (Wildman–Crippen LogP) is 15.2. The lowest BCUT2D eigenvalue weighted by Crippen LogP contribution is -2.46. The Morgan fingerprint density at radius 2 is 0.737 bits per heavy atom. The second-order valence-electron chi connectivity index (χ2n) is 17.9. The molecule has 0 fully saturated rings. The second-order valence-corrected chi connectivity index (χ2v) is 17.9. The Balaban J connectivity index is 4.42. The van der Waals surface area contributed by atoms with Gasteiger partial charge in [-0.3, -0.25) is 9.59 Å². The SMILES string of the molecule is CCCCCCCCCCCCCCCCCCCC(=O)OC(CCCCCCCCCCCC)CC(=O)NC(CO)C(O)CCCCCCCCCCCCC. The number of ether oxygens (including phenoxy) is 1. The summed E-state index contributed by atoms with van der Waals surface area (Å²) >= 11 is 0. The molecule has 0 aliphatic heterocycles. The molecule has 0 saturated heterocycles. The van der Waals surface area contributed by atoms with Crippen LogP contribution in [-0.2, 0) is 14.3 Å². The molecule has 0 aromatic carbocycles. The lowest BCUT2D eigenvalue weighted by molar-refractivity contribution is -0.151. The van der Waals surface area contributed by atoms with Crippen LogP contribution in [0.2, 0.25) is 0 Å². The lowest BCUT2D eigenvalue weighted by Gasteiger charge is -2.24. The van der Waals surface area contributed by atoms with Crippen LogP contribution in [-0.4, -0.2) is 46.9 Å². The second kappa shape index (κ2) is 45.9. The summed E-state index contributed by atoms with van der Waals surface area (Å²) in [6.07, 6.45) is 48.8. The van der Waals surface area contributed by atoms with Gasteiger partial charge in [-0.2, -0.15) is 0 Å². The van der Waals surface area contributed by atoms with Crippen LogP contribution in [0.1, 0.15) is 290 Å². The molecule has 0 bridgehead atoms. The summed E-state index contributed by atoms with van der Waals surface area (Å²) in [5.74, 6) is -0.453. The van der Waals surface area contributed by atoms with Gasteiger partial charge in [0.2, 0.25) is 5.91 Å². The smallest absolute Gasteiger partial charge is 0.306 e. The van der Waals surface area contributed by atoms with Crippen LogP contribution in [0.25, 0.3) is 0 Å². The number of nitrogens with one attached hydrogen (secondary N) is 1. The van der Waals surface area contributed by atoms with Gasteiger partial charge in [0.05, 0.1) is 25.2 Å². The van der Waals surface area contributed by atoms with Crippen molar-refractivity contribution in [3.63, 3.8) is 0 Å². The summed E-state index contributed by atoms with van der Waals surface area (Å²) in [5.41, 5.74) is 0. The highest BCUT2D eigenvalue weighted by Gasteiger charge is 2.24. The Morgan fingerprint density at radius 3 is 1.07 bits per heavy atom. The predicted molar refractivity (Wildman–Crippen MR) is 246 cm³/mol. The molecule has 340 valence electrons. The van der Waals surface area contributed by atoms with Crippen LogP contribution < -0.4 is 5.32 Å². The van der Waals surface area contributed by atoms with Crippen LogP contribution in [0.15, 0.2) is 0 Å². The summed E-state index contributed by atoms with van der Waals surface area (Å²) < 4.78 is 5.93. The Bertz CT molecular complexity index is 821. The van der Waals surface area contributed by atoms with Crippen molar-refractivity contribution in [2.75, 3.05) is 6.61 Å². The molecule has 0 aliphatic carbocycles. The maximum Gasteiger partial charge on any atom is 0.306 e. The first-order chi connectivity index (χ1) is 28.0. The largest absolute Gasteiger partial charge is 0.462 e. The number of carbonyl (C=O) groups excluding carboxylic acids is 2. The van der Waals surface area contributed by atoms with Crippen LogP contribution in [0.5, 0.6) is 0 Å². The molecule has 6 heteroatoms. The van der Waals surface area contributed by atoms with Crippen LogP contribution in [0.4, 0.5) is 0 Å². The number of rotatable bonds is 47. The van der Waals surface area contributed by atoms with E-state index >= 15 is 0 Å². The van der Waals surface area contributed by atoms with E-state index in [-0.39, 0.29) is 24.9 Å². The Morgan fingerprint density at radius 1 is 0.439 bits per heavy atom. The molecule has 0 saturated carbocycles. The van der Waals surface area contributed by atoms with Gasteiger partial charge >= 0.3 is 5.97 Å². The Labute approximate surface area is 356 Å². The highest BCUT2D eigenvalue weighted by molar-refractivity contribution is 5.77. The van der Waals surface area contributed by atoms with Crippen LogP contribution >= 0.6 is 0 Å². The van der Waals surface area contributed by atoms with E-state index in [1.54, 1.807) is 0 Å². The maximum atomic E-state index is 13.2. The number of aliphatic hydroxyl groups is 2. The fraction of sp³-hybridized carbons (Fsp3) is 0.961. The van der Waals surface area contributed by atoms with Crippen molar-refractivity contribution in [3.8, 4) is 0 Å². The van der Waals surface area contributed by atoms with Gasteiger partial charge in [0, 0.05) is 6.42 Å². The van der Waals surface area contributed by atoms with E-state index in [2.05, 4.69) is 26.1 Å². The summed E-state index contributed by atoms with van der Waals surface area (Å²) in [5, 5.41) is 23.7. The molecule has 57 heavy (non-hydrogen) atoms. The third-order valence-electron chi connectivity index (χ3n) is 12.2. The fourth-order valence-corrected chi connectivity index (χ4v) is 8.26. The average molecular weight is 808 g/mol. The topological polar surface area (TPSA) is 95.9 Å². The average Bonchev–Trinajstić information content (AvgIpc) is 3.20. The van der Waals surface area contributed by atoms with Crippen molar-refractivity contribution in [1.29, 1.82) is 0 Å². The highest BCUT2D eigenvalue weighted by atomic mass is 16.5. The molecule has 0 aliphatic rings. The van der Waals surface area contributed by atoms with E-state index in [0.717, 1.165) is 38.5 Å². The fourth-order valence-electron chi connectivity index (χ4n) is 8.26. The molecule has 0 heterocycles. The number of amides is 1. The van der Waals surface area contributed by atoms with Crippen molar-refractivity contribution < 1.29 is 24.5 Å². The number of aliphatic hydroxyl groups excluding tert-OH is 2. The quantitative estimate of drug-likeness (QED) is 0.0420. The monoisotopic (exact) mass is 808 g/mol. The van der Waals surface area contributed by atoms with E-state index in [1.807, 2.05) is 0 Å². The van der Waals surface area contributed by atoms with Crippen molar-refractivity contribution in [2.45, 2.75) is 309 Å². The minimum Gasteiger partial charge on any atom is -0.462 e. The van der Waals surface area contributed by atoms with Gasteiger partial charge in [-0.25, -0.2) is 0 Å². The van der Waals surface area contributed by atoms with E-state index < -0.39 is 18.2 Å². The standard InChI is InChI=1S/C51H101NO5/c1-4-7-10-13-16-19-22-23-24-25-26-27-29-32-35-38-41-44-51(56)57-47(42-39-36-33-30-21-18-15-12-9-6-3)45-50(55)52-48(46-53)49(54)43-40-37-34-31-28-20-17-14-11-8-5-2/h47-49,53-54H,4-46H2,1-3H3,(H,52,55). The van der Waals surface area contributed by atoms with Gasteiger partial charge in [0.1, 0.15) is 6.10 Å². The zero-order chi connectivity index (χ0) is 41.7. The van der Waals surface area contributed by atoms with Crippen LogP contribution in [0, 0.1) is 0 Å². The minimum absolute atomic E-state index is 0.0872.